The van der Waals surface area contributed by atoms with Gasteiger partial charge in [0.2, 0.25) is 5.91 Å². The normalized spacial score (nSPS) is 12.0. The number of ether oxygens (including phenoxy) is 1. The lowest BCUT2D eigenvalue weighted by molar-refractivity contribution is -0.112. The molecule has 0 atom stereocenters. The molecule has 2 aromatic carbocycles. The van der Waals surface area contributed by atoms with Crippen LogP contribution in [0.5, 0.6) is 5.75 Å². The number of amides is 1. The van der Waals surface area contributed by atoms with Crippen LogP contribution in [0, 0.1) is 6.92 Å². The summed E-state index contributed by atoms with van der Waals surface area (Å²) < 4.78 is 45.8. The zero-order valence-corrected chi connectivity index (χ0v) is 15.0. The number of hydrogen-bond acceptors (Lipinski definition) is 2. The number of allylic oxidation sites excluding steroid dienone is 1. The lowest BCUT2D eigenvalue weighted by Crippen LogP contribution is -2.16. The van der Waals surface area contributed by atoms with Crippen LogP contribution >= 0.6 is 15.9 Å². The fraction of sp³-hybridized carbons (Fsp3) is 0.167. The summed E-state index contributed by atoms with van der Waals surface area (Å²) in [5.41, 5.74) is -0.119. The maximum absolute atomic E-state index is 13.3. The van der Waals surface area contributed by atoms with Gasteiger partial charge in [-0.2, -0.15) is 13.2 Å². The molecule has 0 aliphatic rings. The Labute approximate surface area is 151 Å². The monoisotopic (exact) mass is 413 g/mol. The molecule has 0 heterocycles. The van der Waals surface area contributed by atoms with Crippen molar-refractivity contribution in [3.63, 3.8) is 0 Å². The van der Waals surface area contributed by atoms with Crippen molar-refractivity contribution in [2.24, 2.45) is 0 Å². The van der Waals surface area contributed by atoms with E-state index in [0.717, 1.165) is 4.47 Å². The van der Waals surface area contributed by atoms with Gasteiger partial charge in [0.15, 0.2) is 0 Å². The van der Waals surface area contributed by atoms with Crippen LogP contribution in [0.2, 0.25) is 0 Å². The highest BCUT2D eigenvalue weighted by molar-refractivity contribution is 9.10. The number of methoxy groups -OCH3 is 1. The maximum Gasteiger partial charge on any atom is 0.417 e. The van der Waals surface area contributed by atoms with Crippen LogP contribution in [0.3, 0.4) is 0 Å². The van der Waals surface area contributed by atoms with Crippen molar-refractivity contribution in [2.45, 2.75) is 13.1 Å². The topological polar surface area (TPSA) is 38.3 Å². The highest BCUT2D eigenvalue weighted by Gasteiger charge is 2.35. The predicted octanol–water partition coefficient (Wildman–Crippen LogP) is 5.35. The minimum absolute atomic E-state index is 0.0790. The lowest BCUT2D eigenvalue weighted by atomic mass is 10.0. The minimum Gasteiger partial charge on any atom is -0.495 e. The molecule has 0 aliphatic carbocycles. The van der Waals surface area contributed by atoms with Crippen LogP contribution in [-0.4, -0.2) is 19.2 Å². The summed E-state index contributed by atoms with van der Waals surface area (Å²) in [5.74, 6) is -0.540. The molecule has 0 fully saturated rings. The number of carbonyl (C=O) groups excluding carboxylic acids is 1. The van der Waals surface area contributed by atoms with Crippen molar-refractivity contribution in [1.29, 1.82) is 0 Å². The molecule has 1 N–H and O–H groups in total. The Hall–Kier alpha value is -2.28. The van der Waals surface area contributed by atoms with E-state index in [1.807, 2.05) is 0 Å². The number of carbonyl (C=O) groups is 1. The summed E-state index contributed by atoms with van der Waals surface area (Å²) in [7, 11) is 1.41. The molecule has 0 saturated heterocycles. The van der Waals surface area contributed by atoms with Gasteiger partial charge in [-0.25, -0.2) is 0 Å². The van der Waals surface area contributed by atoms with Crippen LogP contribution in [-0.2, 0) is 4.79 Å². The molecule has 0 aliphatic heterocycles. The van der Waals surface area contributed by atoms with Gasteiger partial charge in [0, 0.05) is 10.5 Å². The quantitative estimate of drug-likeness (QED) is 0.685. The SMILES string of the molecule is COc1cc(Br)cc(C)c1NC(=O)/C=C(/c1ccccc1)C(F)(F)F. The molecular weight excluding hydrogens is 399 g/mol. The molecule has 0 unspecified atom stereocenters. The molecule has 0 bridgehead atoms. The third-order valence-electron chi connectivity index (χ3n) is 3.40. The van der Waals surface area contributed by atoms with E-state index in [1.165, 1.54) is 31.4 Å². The second-order valence-corrected chi connectivity index (χ2v) is 6.13. The number of benzene rings is 2. The summed E-state index contributed by atoms with van der Waals surface area (Å²) in [6, 6.07) is 10.5. The Morgan fingerprint density at radius 1 is 1.20 bits per heavy atom. The number of hydrogen-bond donors (Lipinski definition) is 1. The van der Waals surface area contributed by atoms with E-state index in [-0.39, 0.29) is 5.56 Å². The number of anilines is 1. The molecular formula is C18H15BrF3NO2. The number of rotatable bonds is 4. The standard InChI is InChI=1S/C18H15BrF3NO2/c1-11-8-13(19)9-15(25-2)17(11)23-16(24)10-14(18(20,21)22)12-6-4-3-5-7-12/h3-10H,1-2H3,(H,23,24)/b14-10-. The molecule has 2 rings (SSSR count). The van der Waals surface area contributed by atoms with E-state index >= 15 is 0 Å². The van der Waals surface area contributed by atoms with Gasteiger partial charge < -0.3 is 10.1 Å². The fourth-order valence-corrected chi connectivity index (χ4v) is 2.82. The van der Waals surface area contributed by atoms with Crippen molar-refractivity contribution < 1.29 is 22.7 Å². The van der Waals surface area contributed by atoms with E-state index in [4.69, 9.17) is 4.74 Å². The van der Waals surface area contributed by atoms with Gasteiger partial charge in [-0.05, 0) is 30.2 Å². The Balaban J connectivity index is 2.38. The first-order chi connectivity index (χ1) is 11.7. The van der Waals surface area contributed by atoms with E-state index in [1.54, 1.807) is 25.1 Å². The molecule has 7 heteroatoms. The highest BCUT2D eigenvalue weighted by atomic mass is 79.9. The first-order valence-electron chi connectivity index (χ1n) is 7.22. The maximum atomic E-state index is 13.3. The largest absolute Gasteiger partial charge is 0.495 e. The Morgan fingerprint density at radius 2 is 1.84 bits per heavy atom. The third kappa shape index (κ3) is 4.85. The van der Waals surface area contributed by atoms with Gasteiger partial charge in [-0.3, -0.25) is 4.79 Å². The first kappa shape index (κ1) is 19.1. The van der Waals surface area contributed by atoms with Crippen LogP contribution in [0.25, 0.3) is 5.57 Å². The van der Waals surface area contributed by atoms with Gasteiger partial charge in [-0.1, -0.05) is 46.3 Å². The van der Waals surface area contributed by atoms with E-state index in [9.17, 15) is 18.0 Å². The fourth-order valence-electron chi connectivity index (χ4n) is 2.27. The lowest BCUT2D eigenvalue weighted by Gasteiger charge is -2.15. The van der Waals surface area contributed by atoms with Crippen molar-refractivity contribution >= 4 is 33.1 Å². The van der Waals surface area contributed by atoms with Crippen LogP contribution in [0.15, 0.2) is 53.0 Å². The molecule has 0 radical (unpaired) electrons. The highest BCUT2D eigenvalue weighted by Crippen LogP contribution is 2.35. The summed E-state index contributed by atoms with van der Waals surface area (Å²) in [6.45, 7) is 1.72. The smallest absolute Gasteiger partial charge is 0.417 e. The molecule has 3 nitrogen and oxygen atoms in total. The molecule has 132 valence electrons. The average Bonchev–Trinajstić information content (AvgIpc) is 2.54. The third-order valence-corrected chi connectivity index (χ3v) is 3.86. The first-order valence-corrected chi connectivity index (χ1v) is 8.01. The second-order valence-electron chi connectivity index (χ2n) is 5.21. The molecule has 25 heavy (non-hydrogen) atoms. The van der Waals surface area contributed by atoms with E-state index in [0.29, 0.717) is 23.1 Å². The Kier molecular flexibility index (Phi) is 5.89. The minimum atomic E-state index is -4.66. The van der Waals surface area contributed by atoms with Crippen molar-refractivity contribution in [1.82, 2.24) is 0 Å². The zero-order valence-electron chi connectivity index (χ0n) is 13.4. The van der Waals surface area contributed by atoms with Crippen molar-refractivity contribution in [3.8, 4) is 5.75 Å². The molecule has 2 aromatic rings. The van der Waals surface area contributed by atoms with Gasteiger partial charge in [0.1, 0.15) is 5.75 Å². The number of aryl methyl sites for hydroxylation is 1. The average molecular weight is 414 g/mol. The van der Waals surface area contributed by atoms with E-state index < -0.39 is 17.7 Å². The van der Waals surface area contributed by atoms with Gasteiger partial charge in [0.25, 0.3) is 0 Å². The molecule has 0 saturated carbocycles. The van der Waals surface area contributed by atoms with Crippen LogP contribution in [0.4, 0.5) is 18.9 Å². The van der Waals surface area contributed by atoms with Gasteiger partial charge in [-0.15, -0.1) is 0 Å². The zero-order chi connectivity index (χ0) is 18.6. The summed E-state index contributed by atoms with van der Waals surface area (Å²) >= 11 is 3.30. The van der Waals surface area contributed by atoms with Gasteiger partial charge in [0.05, 0.1) is 18.4 Å². The van der Waals surface area contributed by atoms with Crippen LogP contribution in [0.1, 0.15) is 11.1 Å². The number of nitrogens with one attached hydrogen (secondary N) is 1. The second kappa shape index (κ2) is 7.74. The predicted molar refractivity (Wildman–Crippen MR) is 94.5 cm³/mol. The molecule has 0 aromatic heterocycles. The van der Waals surface area contributed by atoms with Crippen molar-refractivity contribution in [3.05, 3.63) is 64.1 Å². The number of alkyl halides is 3. The molecule has 1 amide bonds. The van der Waals surface area contributed by atoms with Gasteiger partial charge >= 0.3 is 6.18 Å². The number of halogens is 4. The summed E-state index contributed by atoms with van der Waals surface area (Å²) in [6.07, 6.45) is -4.10. The summed E-state index contributed by atoms with van der Waals surface area (Å²) in [4.78, 5) is 12.2. The molecule has 0 spiro atoms. The summed E-state index contributed by atoms with van der Waals surface area (Å²) in [5, 5.41) is 2.47. The van der Waals surface area contributed by atoms with E-state index in [2.05, 4.69) is 21.2 Å². The Bertz CT molecular complexity index is 802. The Morgan fingerprint density at radius 3 is 2.40 bits per heavy atom. The van der Waals surface area contributed by atoms with Crippen LogP contribution < -0.4 is 10.1 Å². The van der Waals surface area contributed by atoms with Crippen molar-refractivity contribution in [2.75, 3.05) is 12.4 Å².